The molecule has 0 saturated carbocycles. The Morgan fingerprint density at radius 3 is 2.54 bits per heavy atom. The predicted octanol–water partition coefficient (Wildman–Crippen LogP) is 2.96. The number of halogens is 2. The van der Waals surface area contributed by atoms with Gasteiger partial charge in [0.25, 0.3) is 0 Å². The average molecular weight is 380 g/mol. The second-order valence-corrected chi connectivity index (χ2v) is 5.91. The van der Waals surface area contributed by atoms with Crippen molar-refractivity contribution in [3.8, 4) is 5.75 Å². The molecule has 2 aromatic rings. The fourth-order valence-electron chi connectivity index (χ4n) is 2.16. The van der Waals surface area contributed by atoms with Gasteiger partial charge in [-0.3, -0.25) is 9.59 Å². The summed E-state index contributed by atoms with van der Waals surface area (Å²) in [5.41, 5.74) is 1.92. The van der Waals surface area contributed by atoms with Crippen molar-refractivity contribution in [3.63, 3.8) is 0 Å². The molecule has 0 bridgehead atoms. The van der Waals surface area contributed by atoms with Crippen LogP contribution in [-0.2, 0) is 9.59 Å². The summed E-state index contributed by atoms with van der Waals surface area (Å²) in [6, 6.07) is 9.19. The molecule has 0 unspecified atom stereocenters. The first-order chi connectivity index (χ1) is 12.4. The van der Waals surface area contributed by atoms with Gasteiger partial charge in [0.15, 0.2) is 0 Å². The summed E-state index contributed by atoms with van der Waals surface area (Å²) in [6.07, 6.45) is 0. The Balaban J connectivity index is 1.81. The molecule has 0 aliphatic carbocycles. The van der Waals surface area contributed by atoms with E-state index in [0.717, 1.165) is 11.6 Å². The van der Waals surface area contributed by atoms with Gasteiger partial charge in [-0.25, -0.2) is 4.39 Å². The lowest BCUT2D eigenvalue weighted by Crippen LogP contribution is -2.36. The summed E-state index contributed by atoms with van der Waals surface area (Å²) in [7, 11) is 1.51. The predicted molar refractivity (Wildman–Crippen MR) is 99.3 cm³/mol. The van der Waals surface area contributed by atoms with Gasteiger partial charge in [0.05, 0.1) is 36.6 Å². The van der Waals surface area contributed by atoms with Crippen molar-refractivity contribution < 1.29 is 18.7 Å². The van der Waals surface area contributed by atoms with Gasteiger partial charge in [0.1, 0.15) is 11.6 Å². The van der Waals surface area contributed by atoms with E-state index in [-0.39, 0.29) is 24.0 Å². The molecular formula is C18H19ClFN3O3. The minimum Gasteiger partial charge on any atom is -0.495 e. The van der Waals surface area contributed by atoms with E-state index in [1.165, 1.54) is 19.2 Å². The van der Waals surface area contributed by atoms with Crippen molar-refractivity contribution in [3.05, 3.63) is 52.8 Å². The van der Waals surface area contributed by atoms with E-state index in [4.69, 9.17) is 16.3 Å². The number of hydrogen-bond donors (Lipinski definition) is 3. The number of amides is 2. The smallest absolute Gasteiger partial charge is 0.243 e. The summed E-state index contributed by atoms with van der Waals surface area (Å²) in [5.74, 6) is -0.727. The van der Waals surface area contributed by atoms with Crippen molar-refractivity contribution in [1.29, 1.82) is 0 Å². The van der Waals surface area contributed by atoms with E-state index >= 15 is 0 Å². The maximum Gasteiger partial charge on any atom is 0.243 e. The van der Waals surface area contributed by atoms with Crippen LogP contribution in [0.25, 0.3) is 0 Å². The molecule has 0 radical (unpaired) electrons. The number of methoxy groups -OCH3 is 1. The number of nitrogens with one attached hydrogen (secondary N) is 3. The van der Waals surface area contributed by atoms with Crippen LogP contribution in [0.3, 0.4) is 0 Å². The van der Waals surface area contributed by atoms with Gasteiger partial charge in [-0.15, -0.1) is 0 Å². The molecule has 6 nitrogen and oxygen atoms in total. The number of hydrogen-bond acceptors (Lipinski definition) is 4. The van der Waals surface area contributed by atoms with Crippen LogP contribution in [0, 0.1) is 12.7 Å². The van der Waals surface area contributed by atoms with Gasteiger partial charge < -0.3 is 20.7 Å². The van der Waals surface area contributed by atoms with Crippen LogP contribution in [-0.4, -0.2) is 32.0 Å². The largest absolute Gasteiger partial charge is 0.495 e. The van der Waals surface area contributed by atoms with E-state index in [1.807, 2.05) is 13.0 Å². The van der Waals surface area contributed by atoms with Crippen LogP contribution in [0.5, 0.6) is 5.75 Å². The molecule has 2 amide bonds. The number of carbonyl (C=O) groups excluding carboxylic acids is 2. The normalized spacial score (nSPS) is 10.2. The molecule has 8 heteroatoms. The van der Waals surface area contributed by atoms with Crippen LogP contribution in [0.4, 0.5) is 15.8 Å². The summed E-state index contributed by atoms with van der Waals surface area (Å²) >= 11 is 5.86. The monoisotopic (exact) mass is 379 g/mol. The Kier molecular flexibility index (Phi) is 6.80. The van der Waals surface area contributed by atoms with Crippen molar-refractivity contribution in [2.24, 2.45) is 0 Å². The van der Waals surface area contributed by atoms with Gasteiger partial charge in [-0.2, -0.15) is 0 Å². The minimum absolute atomic E-state index is 0.105. The minimum atomic E-state index is -0.465. The third-order valence-electron chi connectivity index (χ3n) is 3.45. The Morgan fingerprint density at radius 1 is 1.08 bits per heavy atom. The Morgan fingerprint density at radius 2 is 1.85 bits per heavy atom. The van der Waals surface area contributed by atoms with Gasteiger partial charge in [-0.1, -0.05) is 17.7 Å². The number of rotatable bonds is 7. The van der Waals surface area contributed by atoms with Crippen LogP contribution in [0.15, 0.2) is 36.4 Å². The molecule has 0 saturated heterocycles. The molecule has 0 fully saturated rings. The number of anilines is 2. The quantitative estimate of drug-likeness (QED) is 0.691. The SMILES string of the molecule is COc1ccc(C)cc1NC(=O)CNC(=O)CNc1ccc(F)cc1Cl. The molecule has 0 spiro atoms. The van der Waals surface area contributed by atoms with E-state index in [9.17, 15) is 14.0 Å². The zero-order valence-corrected chi connectivity index (χ0v) is 15.1. The molecule has 0 atom stereocenters. The van der Waals surface area contributed by atoms with Crippen LogP contribution < -0.4 is 20.7 Å². The van der Waals surface area contributed by atoms with E-state index in [2.05, 4.69) is 16.0 Å². The standard InChI is InChI=1S/C18H19ClFN3O3/c1-11-3-6-16(26-2)15(7-11)23-18(25)10-22-17(24)9-21-14-5-4-12(20)8-13(14)19/h3-8,21H,9-10H2,1-2H3,(H,22,24)(H,23,25). The highest BCUT2D eigenvalue weighted by Gasteiger charge is 2.10. The van der Waals surface area contributed by atoms with Crippen molar-refractivity contribution in [2.45, 2.75) is 6.92 Å². The highest BCUT2D eigenvalue weighted by Crippen LogP contribution is 2.25. The van der Waals surface area contributed by atoms with E-state index in [1.54, 1.807) is 12.1 Å². The van der Waals surface area contributed by atoms with Crippen LogP contribution in [0.2, 0.25) is 5.02 Å². The second kappa shape index (κ2) is 9.05. The van der Waals surface area contributed by atoms with Gasteiger partial charge >= 0.3 is 0 Å². The van der Waals surface area contributed by atoms with Crippen LogP contribution >= 0.6 is 11.6 Å². The third-order valence-corrected chi connectivity index (χ3v) is 3.76. The van der Waals surface area contributed by atoms with Gasteiger partial charge in [0, 0.05) is 0 Å². The summed E-state index contributed by atoms with van der Waals surface area (Å²) in [4.78, 5) is 23.8. The summed E-state index contributed by atoms with van der Waals surface area (Å²) in [5, 5.41) is 8.11. The molecule has 0 aliphatic rings. The number of ether oxygens (including phenoxy) is 1. The topological polar surface area (TPSA) is 79.5 Å². The molecule has 138 valence electrons. The fourth-order valence-corrected chi connectivity index (χ4v) is 2.40. The maximum absolute atomic E-state index is 13.0. The Labute approximate surface area is 155 Å². The zero-order valence-electron chi connectivity index (χ0n) is 14.4. The molecule has 26 heavy (non-hydrogen) atoms. The van der Waals surface area contributed by atoms with Crippen molar-refractivity contribution in [1.82, 2.24) is 5.32 Å². The maximum atomic E-state index is 13.0. The highest BCUT2D eigenvalue weighted by molar-refractivity contribution is 6.33. The molecule has 3 N–H and O–H groups in total. The summed E-state index contributed by atoms with van der Waals surface area (Å²) in [6.45, 7) is 1.59. The van der Waals surface area contributed by atoms with Gasteiger partial charge in [-0.05, 0) is 42.8 Å². The van der Waals surface area contributed by atoms with E-state index < -0.39 is 11.7 Å². The zero-order chi connectivity index (χ0) is 19.1. The van der Waals surface area contributed by atoms with Crippen LogP contribution in [0.1, 0.15) is 5.56 Å². The number of benzene rings is 2. The highest BCUT2D eigenvalue weighted by atomic mass is 35.5. The Hall–Kier alpha value is -2.80. The van der Waals surface area contributed by atoms with E-state index in [0.29, 0.717) is 17.1 Å². The molecule has 0 aromatic heterocycles. The first-order valence-electron chi connectivity index (χ1n) is 7.79. The first-order valence-corrected chi connectivity index (χ1v) is 8.17. The molecule has 2 aromatic carbocycles. The lowest BCUT2D eigenvalue weighted by molar-refractivity contribution is -0.122. The van der Waals surface area contributed by atoms with Crippen molar-refractivity contribution in [2.75, 3.05) is 30.8 Å². The lowest BCUT2D eigenvalue weighted by atomic mass is 10.2. The first kappa shape index (κ1) is 19.5. The molecule has 2 rings (SSSR count). The van der Waals surface area contributed by atoms with Crippen molar-refractivity contribution >= 4 is 34.8 Å². The number of aryl methyl sites for hydroxylation is 1. The lowest BCUT2D eigenvalue weighted by Gasteiger charge is -2.12. The Bertz CT molecular complexity index is 814. The van der Waals surface area contributed by atoms with Gasteiger partial charge in [0.2, 0.25) is 11.8 Å². The summed E-state index contributed by atoms with van der Waals surface area (Å²) < 4.78 is 18.2. The average Bonchev–Trinajstić information content (AvgIpc) is 2.59. The second-order valence-electron chi connectivity index (χ2n) is 5.51. The molecule has 0 aliphatic heterocycles. The number of carbonyl (C=O) groups is 2. The fraction of sp³-hybridized carbons (Fsp3) is 0.222. The molecular weight excluding hydrogens is 361 g/mol. The molecule has 0 heterocycles. The third kappa shape index (κ3) is 5.63.